The fourth-order valence-electron chi connectivity index (χ4n) is 4.70. The first-order chi connectivity index (χ1) is 18.7. The lowest BCUT2D eigenvalue weighted by Gasteiger charge is -2.46. The molecule has 0 fully saturated rings. The Hall–Kier alpha value is -1.17. The average Bonchev–Trinajstić information content (AvgIpc) is 2.81. The second kappa shape index (κ2) is 13.9. The van der Waals surface area contributed by atoms with Gasteiger partial charge in [-0.3, -0.25) is 4.79 Å². The molecule has 0 spiro atoms. The number of aliphatic hydroxyl groups is 2. The molecule has 42 heavy (non-hydrogen) atoms. The van der Waals surface area contributed by atoms with Crippen LogP contribution in [0.5, 0.6) is 11.5 Å². The molecule has 0 radical (unpaired) electrons. The van der Waals surface area contributed by atoms with Crippen LogP contribution in [0.4, 0.5) is 0 Å². The maximum Gasteiger partial charge on any atom is 0.251 e. The van der Waals surface area contributed by atoms with E-state index in [2.05, 4.69) is 58.3 Å². The molecule has 4 atom stereocenters. The van der Waals surface area contributed by atoms with Gasteiger partial charge in [0.25, 0.3) is 5.91 Å². The molecule has 0 aliphatic rings. The number of carbonyl (C=O) groups excluding carboxylic acids is 1. The zero-order valence-electron chi connectivity index (χ0n) is 27.8. The second-order valence-electron chi connectivity index (χ2n) is 15.0. The van der Waals surface area contributed by atoms with Gasteiger partial charge in [-0.2, -0.15) is 12.6 Å². The highest BCUT2D eigenvalue weighted by Gasteiger charge is 2.45. The number of rotatable bonds is 16. The monoisotopic (exact) mass is 630 g/mol. The molecule has 1 aromatic rings. The third-order valence-corrected chi connectivity index (χ3v) is 11.1. The van der Waals surface area contributed by atoms with Crippen LogP contribution in [-0.2, 0) is 4.74 Å². The normalized spacial score (nSPS) is 17.3. The Balaban J connectivity index is 3.01. The van der Waals surface area contributed by atoms with Gasteiger partial charge >= 0.3 is 0 Å². The zero-order valence-corrected chi connectivity index (χ0v) is 29.6. The van der Waals surface area contributed by atoms with E-state index >= 15 is 0 Å². The van der Waals surface area contributed by atoms with E-state index < -0.39 is 34.8 Å². The number of amides is 1. The molecule has 6 N–H and O–H groups in total. The topological polar surface area (TPSA) is 134 Å². The number of hydrogen-bond acceptors (Lipinski definition) is 9. The fourth-order valence-corrected chi connectivity index (χ4v) is 5.28. The summed E-state index contributed by atoms with van der Waals surface area (Å²) in [5, 5.41) is 33.4. The Morgan fingerprint density at radius 3 is 2.05 bits per heavy atom. The maximum atomic E-state index is 13.4. The highest BCUT2D eigenvalue weighted by atomic mass is 32.1. The van der Waals surface area contributed by atoms with E-state index in [1.54, 1.807) is 33.8 Å². The number of phenols is 1. The van der Waals surface area contributed by atoms with Crippen LogP contribution >= 0.6 is 25.3 Å². The molecule has 1 amide bonds. The van der Waals surface area contributed by atoms with E-state index in [4.69, 9.17) is 15.2 Å². The molecule has 1 rings (SSSR count). The van der Waals surface area contributed by atoms with Crippen molar-refractivity contribution in [3.63, 3.8) is 0 Å². The summed E-state index contributed by atoms with van der Waals surface area (Å²) in [4.78, 5) is 13.4. The van der Waals surface area contributed by atoms with Crippen LogP contribution in [0.3, 0.4) is 0 Å². The second-order valence-corrected chi connectivity index (χ2v) is 16.3. The molecule has 0 aliphatic carbocycles. The molecule has 10 heteroatoms. The Bertz CT molecular complexity index is 1050. The standard InChI is InChI=1S/C32H58N2O6S2/c1-20(41)29(6,7)26(42)39-14-13-32(12,33)27(2,3)19-28(4,5)34-25(38)21-15-22(36)17-23(16-21)40-31(10,11)30(8,9)24(37)18-35/h15-17,20,24,26,35-37,41-42H,13-14,18-19,33H2,1-12H3,(H,34,38). The Morgan fingerprint density at radius 1 is 1.00 bits per heavy atom. The Kier molecular flexibility index (Phi) is 12.8. The number of benzene rings is 1. The SMILES string of the molecule is CC(S)C(C)(C)C(S)OCCC(C)(N)C(C)(C)CC(C)(C)NC(=O)c1cc(O)cc(OC(C)(C)C(C)(C)C(O)CO)c1. The van der Waals surface area contributed by atoms with Crippen LogP contribution in [0.1, 0.15) is 106 Å². The number of aliphatic hydroxyl groups excluding tert-OH is 2. The largest absolute Gasteiger partial charge is 0.508 e. The molecule has 0 saturated heterocycles. The molecule has 0 heterocycles. The molecular weight excluding hydrogens is 572 g/mol. The van der Waals surface area contributed by atoms with Gasteiger partial charge in [0, 0.05) is 45.4 Å². The average molecular weight is 631 g/mol. The summed E-state index contributed by atoms with van der Waals surface area (Å²) in [6.07, 6.45) is 0.145. The van der Waals surface area contributed by atoms with Crippen molar-refractivity contribution < 1.29 is 29.6 Å². The third kappa shape index (κ3) is 9.66. The molecule has 0 bridgehead atoms. The third-order valence-electron chi connectivity index (χ3n) is 9.58. The molecule has 0 saturated carbocycles. The van der Waals surface area contributed by atoms with Crippen molar-refractivity contribution in [1.29, 1.82) is 0 Å². The van der Waals surface area contributed by atoms with E-state index in [1.807, 2.05) is 27.7 Å². The first-order valence-corrected chi connectivity index (χ1v) is 15.7. The maximum absolute atomic E-state index is 13.4. The van der Waals surface area contributed by atoms with Gasteiger partial charge in [0.05, 0.1) is 12.7 Å². The number of nitrogens with one attached hydrogen (secondary N) is 1. The minimum atomic E-state index is -1.03. The van der Waals surface area contributed by atoms with Crippen molar-refractivity contribution >= 4 is 31.2 Å². The van der Waals surface area contributed by atoms with Crippen LogP contribution in [0.2, 0.25) is 0 Å². The van der Waals surface area contributed by atoms with E-state index in [0.29, 0.717) is 19.4 Å². The van der Waals surface area contributed by atoms with Gasteiger partial charge in [-0.05, 0) is 65.0 Å². The lowest BCUT2D eigenvalue weighted by molar-refractivity contribution is -0.103. The first-order valence-electron chi connectivity index (χ1n) is 14.6. The van der Waals surface area contributed by atoms with Crippen molar-refractivity contribution in [1.82, 2.24) is 5.32 Å². The van der Waals surface area contributed by atoms with Crippen LogP contribution < -0.4 is 15.8 Å². The summed E-state index contributed by atoms with van der Waals surface area (Å²) in [6.45, 7) is 23.4. The number of thiol groups is 2. The summed E-state index contributed by atoms with van der Waals surface area (Å²) in [7, 11) is 0. The minimum absolute atomic E-state index is 0.108. The predicted molar refractivity (Wildman–Crippen MR) is 178 cm³/mol. The molecule has 1 aromatic carbocycles. The number of ether oxygens (including phenoxy) is 2. The van der Waals surface area contributed by atoms with Gasteiger partial charge in [0.1, 0.15) is 22.5 Å². The van der Waals surface area contributed by atoms with Gasteiger partial charge in [-0.25, -0.2) is 0 Å². The van der Waals surface area contributed by atoms with Crippen molar-refractivity contribution in [2.45, 2.75) is 129 Å². The van der Waals surface area contributed by atoms with Crippen molar-refractivity contribution in [3.8, 4) is 11.5 Å². The zero-order chi connectivity index (χ0) is 33.1. The van der Waals surface area contributed by atoms with Crippen LogP contribution in [0.15, 0.2) is 18.2 Å². The number of phenolic OH excluding ortho intramolecular Hbond substituents is 1. The van der Waals surface area contributed by atoms with Gasteiger partial charge in [-0.15, -0.1) is 12.6 Å². The molecular formula is C32H58N2O6S2. The van der Waals surface area contributed by atoms with Crippen LogP contribution in [0.25, 0.3) is 0 Å². The first kappa shape index (κ1) is 38.9. The van der Waals surface area contributed by atoms with Crippen LogP contribution in [0, 0.1) is 16.2 Å². The van der Waals surface area contributed by atoms with Crippen molar-refractivity contribution in [2.24, 2.45) is 22.0 Å². The predicted octanol–water partition coefficient (Wildman–Crippen LogP) is 5.58. The quantitative estimate of drug-likeness (QED) is 0.0937. The smallest absolute Gasteiger partial charge is 0.251 e. The molecule has 244 valence electrons. The Morgan fingerprint density at radius 2 is 1.55 bits per heavy atom. The lowest BCUT2D eigenvalue weighted by atomic mass is 9.66. The number of hydrogen-bond donors (Lipinski definition) is 7. The summed E-state index contributed by atoms with van der Waals surface area (Å²) in [5.74, 6) is -0.222. The van der Waals surface area contributed by atoms with E-state index in [1.165, 1.54) is 12.1 Å². The van der Waals surface area contributed by atoms with E-state index in [9.17, 15) is 20.1 Å². The molecule has 4 unspecified atom stereocenters. The molecule has 8 nitrogen and oxygen atoms in total. The number of carbonyl (C=O) groups is 1. The lowest BCUT2D eigenvalue weighted by Crippen LogP contribution is -2.56. The summed E-state index contributed by atoms with van der Waals surface area (Å²) < 4.78 is 12.2. The van der Waals surface area contributed by atoms with E-state index in [-0.39, 0.29) is 44.5 Å². The van der Waals surface area contributed by atoms with Gasteiger partial charge in [-0.1, -0.05) is 48.5 Å². The van der Waals surface area contributed by atoms with Gasteiger partial charge < -0.3 is 35.8 Å². The highest BCUT2D eigenvalue weighted by Crippen LogP contribution is 2.41. The van der Waals surface area contributed by atoms with Crippen molar-refractivity contribution in [3.05, 3.63) is 23.8 Å². The van der Waals surface area contributed by atoms with E-state index in [0.717, 1.165) is 0 Å². The number of aromatic hydroxyl groups is 1. The van der Waals surface area contributed by atoms with Crippen LogP contribution in [-0.4, -0.2) is 67.9 Å². The molecule has 0 aliphatic heterocycles. The Labute approximate surface area is 265 Å². The van der Waals surface area contributed by atoms with Gasteiger partial charge in [0.2, 0.25) is 0 Å². The van der Waals surface area contributed by atoms with Gasteiger partial charge in [0.15, 0.2) is 0 Å². The highest BCUT2D eigenvalue weighted by molar-refractivity contribution is 7.81. The fraction of sp³-hybridized carbons (Fsp3) is 0.781. The number of nitrogens with two attached hydrogens (primary N) is 1. The summed E-state index contributed by atoms with van der Waals surface area (Å²) in [5.41, 5.74) is 3.16. The summed E-state index contributed by atoms with van der Waals surface area (Å²) >= 11 is 9.22. The minimum Gasteiger partial charge on any atom is -0.508 e. The summed E-state index contributed by atoms with van der Waals surface area (Å²) in [6, 6.07) is 4.37. The molecule has 0 aromatic heterocycles. The van der Waals surface area contributed by atoms with Crippen molar-refractivity contribution in [2.75, 3.05) is 13.2 Å².